The highest BCUT2D eigenvalue weighted by Gasteiger charge is 2.48. The van der Waals surface area contributed by atoms with Gasteiger partial charge in [-0.05, 0) is 52.9 Å². The maximum Gasteiger partial charge on any atom is 0.301 e. The van der Waals surface area contributed by atoms with Gasteiger partial charge in [0.25, 0.3) is 11.5 Å². The van der Waals surface area contributed by atoms with E-state index in [1.165, 1.54) is 24.3 Å². The molecular formula is C30H24ClN3O7S2. The number of hydrogen-bond acceptors (Lipinski definition) is 9. The molecule has 1 atom stereocenters. The smallest absolute Gasteiger partial charge is 0.301 e. The molecule has 1 aromatic heterocycles. The van der Waals surface area contributed by atoms with Gasteiger partial charge in [0.15, 0.2) is 5.13 Å². The first kappa shape index (κ1) is 30.1. The number of aliphatic hydroxyl groups excluding tert-OH is 1. The van der Waals surface area contributed by atoms with Crippen LogP contribution in [-0.4, -0.2) is 35.1 Å². The Bertz CT molecular complexity index is 1890. The summed E-state index contributed by atoms with van der Waals surface area (Å²) in [5, 5.41) is 22.6. The highest BCUT2D eigenvalue weighted by Crippen LogP contribution is 2.44. The fraction of sp³-hybridized carbons (Fsp3) is 0.167. The standard InChI is InChI=1S/C30H24ClN3O7S2/c1-30(2,3)19-8-4-17(5-9-19)25-24(26(35)18-6-10-20(31)11-7-18)27(36)28(37)33(25)29-32-16-23(42-29)43(40,41)22-14-12-21(13-15-22)34(38)39/h4-16,25,35H,1-3H3/b26-24-. The van der Waals surface area contributed by atoms with Crippen LogP contribution in [0.5, 0.6) is 0 Å². The molecule has 13 heteroatoms. The molecule has 4 aromatic rings. The Morgan fingerprint density at radius 2 is 1.60 bits per heavy atom. The highest BCUT2D eigenvalue weighted by molar-refractivity contribution is 7.93. The molecule has 2 heterocycles. The molecule has 0 radical (unpaired) electrons. The number of non-ortho nitro benzene ring substituents is 1. The van der Waals surface area contributed by atoms with Gasteiger partial charge in [-0.2, -0.15) is 0 Å². The summed E-state index contributed by atoms with van der Waals surface area (Å²) < 4.78 is 26.4. The number of halogens is 1. The average Bonchev–Trinajstić information content (AvgIpc) is 3.56. The number of thiazole rings is 1. The number of nitro groups is 1. The highest BCUT2D eigenvalue weighted by atomic mass is 35.5. The first-order valence-electron chi connectivity index (χ1n) is 12.8. The predicted octanol–water partition coefficient (Wildman–Crippen LogP) is 6.46. The Morgan fingerprint density at radius 1 is 1.00 bits per heavy atom. The van der Waals surface area contributed by atoms with Gasteiger partial charge in [-0.1, -0.05) is 68.0 Å². The quantitative estimate of drug-likeness (QED) is 0.0832. The zero-order valence-electron chi connectivity index (χ0n) is 23.0. The van der Waals surface area contributed by atoms with E-state index >= 15 is 0 Å². The maximum absolute atomic E-state index is 13.5. The number of ketones is 1. The summed E-state index contributed by atoms with van der Waals surface area (Å²) in [6.07, 6.45) is 1.06. The summed E-state index contributed by atoms with van der Waals surface area (Å²) in [6, 6.07) is 16.6. The number of carbonyl (C=O) groups excluding carboxylic acids is 2. The number of sulfone groups is 1. The van der Waals surface area contributed by atoms with Gasteiger partial charge >= 0.3 is 5.91 Å². The van der Waals surface area contributed by atoms with Crippen molar-refractivity contribution in [2.45, 2.75) is 41.3 Å². The lowest BCUT2D eigenvalue weighted by Gasteiger charge is -2.24. The van der Waals surface area contributed by atoms with E-state index in [1.807, 2.05) is 32.9 Å². The molecule has 1 fully saturated rings. The molecule has 1 amide bonds. The molecule has 1 unspecified atom stereocenters. The fourth-order valence-corrected chi connectivity index (χ4v) is 7.30. The molecule has 0 aliphatic carbocycles. The van der Waals surface area contributed by atoms with Crippen LogP contribution in [0, 0.1) is 10.1 Å². The normalized spacial score (nSPS) is 16.9. The van der Waals surface area contributed by atoms with Crippen LogP contribution in [0.4, 0.5) is 10.8 Å². The molecule has 0 spiro atoms. The first-order chi connectivity index (χ1) is 20.2. The van der Waals surface area contributed by atoms with Gasteiger partial charge in [-0.3, -0.25) is 24.6 Å². The molecule has 1 saturated heterocycles. The largest absolute Gasteiger partial charge is 0.507 e. The molecule has 10 nitrogen and oxygen atoms in total. The molecule has 1 aliphatic heterocycles. The minimum Gasteiger partial charge on any atom is -0.507 e. The van der Waals surface area contributed by atoms with Crippen molar-refractivity contribution in [1.82, 2.24) is 4.98 Å². The number of Topliss-reactive ketones (excluding diaryl/α,β-unsaturated/α-hetero) is 1. The Morgan fingerprint density at radius 3 is 2.16 bits per heavy atom. The van der Waals surface area contributed by atoms with Crippen molar-refractivity contribution in [3.63, 3.8) is 0 Å². The van der Waals surface area contributed by atoms with E-state index in [4.69, 9.17) is 11.6 Å². The molecule has 0 bridgehead atoms. The number of aliphatic hydroxyl groups is 1. The van der Waals surface area contributed by atoms with Crippen LogP contribution in [-0.2, 0) is 24.8 Å². The van der Waals surface area contributed by atoms with E-state index in [1.54, 1.807) is 12.1 Å². The summed E-state index contributed by atoms with van der Waals surface area (Å²) >= 11 is 6.66. The van der Waals surface area contributed by atoms with Crippen LogP contribution in [0.15, 0.2) is 93.7 Å². The lowest BCUT2D eigenvalue weighted by molar-refractivity contribution is -0.384. The molecule has 0 saturated carbocycles. The number of benzene rings is 3. The van der Waals surface area contributed by atoms with Crippen LogP contribution < -0.4 is 4.90 Å². The summed E-state index contributed by atoms with van der Waals surface area (Å²) in [7, 11) is -4.17. The Labute approximate surface area is 256 Å². The zero-order chi connectivity index (χ0) is 31.3. The number of nitrogens with zero attached hydrogens (tertiary/aromatic N) is 3. The van der Waals surface area contributed by atoms with Crippen LogP contribution >= 0.6 is 22.9 Å². The van der Waals surface area contributed by atoms with Gasteiger partial charge in [-0.15, -0.1) is 0 Å². The molecule has 5 rings (SSSR count). The number of carbonyl (C=O) groups is 2. The molecule has 1 N–H and O–H groups in total. The van der Waals surface area contributed by atoms with Gasteiger partial charge in [0.1, 0.15) is 9.97 Å². The van der Waals surface area contributed by atoms with Gasteiger partial charge in [-0.25, -0.2) is 13.4 Å². The van der Waals surface area contributed by atoms with Crippen molar-refractivity contribution >= 4 is 61.0 Å². The Kier molecular flexibility index (Phi) is 7.71. The summed E-state index contributed by atoms with van der Waals surface area (Å²) in [5.41, 5.74) is 1.12. The Balaban J connectivity index is 1.63. The van der Waals surface area contributed by atoms with Crippen molar-refractivity contribution in [3.8, 4) is 0 Å². The van der Waals surface area contributed by atoms with E-state index < -0.39 is 38.3 Å². The van der Waals surface area contributed by atoms with Crippen LogP contribution in [0.2, 0.25) is 5.02 Å². The fourth-order valence-electron chi connectivity index (χ4n) is 4.62. The summed E-state index contributed by atoms with van der Waals surface area (Å²) in [6.45, 7) is 6.12. The number of aromatic nitrogens is 1. The van der Waals surface area contributed by atoms with E-state index in [9.17, 15) is 33.2 Å². The minimum atomic E-state index is -4.17. The number of rotatable bonds is 6. The minimum absolute atomic E-state index is 0.0809. The third kappa shape index (κ3) is 5.56. The van der Waals surface area contributed by atoms with Gasteiger partial charge < -0.3 is 5.11 Å². The third-order valence-corrected chi connectivity index (χ3v) is 10.4. The second kappa shape index (κ2) is 11.0. The van der Waals surface area contributed by atoms with Crippen molar-refractivity contribution in [1.29, 1.82) is 0 Å². The third-order valence-electron chi connectivity index (χ3n) is 6.96. The predicted molar refractivity (Wildman–Crippen MR) is 162 cm³/mol. The maximum atomic E-state index is 13.5. The lowest BCUT2D eigenvalue weighted by Crippen LogP contribution is -2.29. The zero-order valence-corrected chi connectivity index (χ0v) is 25.4. The van der Waals surface area contributed by atoms with E-state index in [0.29, 0.717) is 21.9 Å². The van der Waals surface area contributed by atoms with Crippen molar-refractivity contribution in [2.75, 3.05) is 4.90 Å². The van der Waals surface area contributed by atoms with Crippen LogP contribution in [0.1, 0.15) is 43.5 Å². The molecule has 1 aliphatic rings. The van der Waals surface area contributed by atoms with Gasteiger partial charge in [0, 0.05) is 22.7 Å². The number of nitro benzene ring substituents is 1. The average molecular weight is 638 g/mol. The lowest BCUT2D eigenvalue weighted by atomic mass is 9.85. The van der Waals surface area contributed by atoms with Crippen LogP contribution in [0.3, 0.4) is 0 Å². The molecule has 220 valence electrons. The number of hydrogen-bond donors (Lipinski definition) is 1. The monoisotopic (exact) mass is 637 g/mol. The van der Waals surface area contributed by atoms with Crippen molar-refractivity contribution in [2.24, 2.45) is 0 Å². The second-order valence-corrected chi connectivity index (χ2v) is 14.4. The summed E-state index contributed by atoms with van der Waals surface area (Å²) in [4.78, 5) is 42.4. The topological polar surface area (TPSA) is 148 Å². The number of amides is 1. The van der Waals surface area contributed by atoms with Gasteiger partial charge in [0.05, 0.1) is 27.6 Å². The Hall–Kier alpha value is -4.39. The van der Waals surface area contributed by atoms with E-state index in [-0.39, 0.29) is 36.5 Å². The molecule has 3 aromatic carbocycles. The second-order valence-electron chi connectivity index (χ2n) is 10.8. The SMILES string of the molecule is CC(C)(C)c1ccc(C2/C(=C(/O)c3ccc(Cl)cc3)C(=O)C(=O)N2c2ncc(S(=O)(=O)c3ccc([N+](=O)[O-])cc3)s2)cc1. The first-order valence-corrected chi connectivity index (χ1v) is 15.5. The van der Waals surface area contributed by atoms with E-state index in [2.05, 4.69) is 4.98 Å². The van der Waals surface area contributed by atoms with Gasteiger partial charge in [0.2, 0.25) is 9.84 Å². The number of anilines is 1. The molecular weight excluding hydrogens is 614 g/mol. The summed E-state index contributed by atoms with van der Waals surface area (Å²) in [5.74, 6) is -2.38. The van der Waals surface area contributed by atoms with Crippen molar-refractivity contribution in [3.05, 3.63) is 116 Å². The van der Waals surface area contributed by atoms with Crippen molar-refractivity contribution < 1.29 is 28.0 Å². The van der Waals surface area contributed by atoms with E-state index in [0.717, 1.165) is 40.9 Å². The molecule has 43 heavy (non-hydrogen) atoms. The van der Waals surface area contributed by atoms with Crippen LogP contribution in [0.25, 0.3) is 5.76 Å².